The summed E-state index contributed by atoms with van der Waals surface area (Å²) in [6.07, 6.45) is 7.64. The molecule has 0 radical (unpaired) electrons. The second kappa shape index (κ2) is 9.94. The van der Waals surface area contributed by atoms with Crippen LogP contribution in [0, 0.1) is 11.3 Å². The van der Waals surface area contributed by atoms with Gasteiger partial charge < -0.3 is 10.6 Å². The Kier molecular flexibility index (Phi) is 6.82. The predicted octanol–water partition coefficient (Wildman–Crippen LogP) is 3.38. The molecule has 8 nitrogen and oxygen atoms in total. The maximum absolute atomic E-state index is 11.7. The summed E-state index contributed by atoms with van der Waals surface area (Å²) < 4.78 is 0. The molecule has 4 heterocycles. The van der Waals surface area contributed by atoms with Gasteiger partial charge in [-0.05, 0) is 60.2 Å². The Morgan fingerprint density at radius 1 is 1.18 bits per heavy atom. The average molecular weight is 462 g/mol. The number of hydrogen-bond donors (Lipinski definition) is 2. The number of pyridine rings is 3. The molecule has 1 aliphatic carbocycles. The molecule has 33 heavy (non-hydrogen) atoms. The molecule has 1 aliphatic heterocycles. The van der Waals surface area contributed by atoms with E-state index in [-0.39, 0.29) is 18.3 Å². The first-order valence-corrected chi connectivity index (χ1v) is 10.7. The molecule has 2 fully saturated rings. The van der Waals surface area contributed by atoms with E-state index in [1.165, 1.54) is 18.4 Å². The second-order valence-corrected chi connectivity index (χ2v) is 8.25. The summed E-state index contributed by atoms with van der Waals surface area (Å²) in [6.45, 7) is 2.58. The molecule has 0 aromatic carbocycles. The highest BCUT2D eigenvalue weighted by molar-refractivity contribution is 5.85. The molecule has 0 bridgehead atoms. The summed E-state index contributed by atoms with van der Waals surface area (Å²) in [4.78, 5) is 27.4. The summed E-state index contributed by atoms with van der Waals surface area (Å²) in [5.74, 6) is 1.90. The van der Waals surface area contributed by atoms with E-state index in [0.717, 1.165) is 23.4 Å². The van der Waals surface area contributed by atoms with Gasteiger partial charge in [0, 0.05) is 43.8 Å². The van der Waals surface area contributed by atoms with Crippen LogP contribution in [0.4, 0.5) is 11.6 Å². The average Bonchev–Trinajstić information content (AvgIpc) is 3.65. The number of amides is 1. The van der Waals surface area contributed by atoms with Crippen molar-refractivity contribution < 1.29 is 4.79 Å². The van der Waals surface area contributed by atoms with Crippen LogP contribution in [0.3, 0.4) is 0 Å². The Labute approximate surface area is 198 Å². The van der Waals surface area contributed by atoms with E-state index >= 15 is 0 Å². The fourth-order valence-corrected chi connectivity index (χ4v) is 3.91. The van der Waals surface area contributed by atoms with E-state index in [1.54, 1.807) is 18.3 Å². The summed E-state index contributed by atoms with van der Waals surface area (Å²) in [6, 6.07) is 11.8. The van der Waals surface area contributed by atoms with Gasteiger partial charge in [0.2, 0.25) is 5.91 Å². The van der Waals surface area contributed by atoms with Crippen molar-refractivity contribution in [3.63, 3.8) is 0 Å². The van der Waals surface area contributed by atoms with Crippen LogP contribution in [0.5, 0.6) is 0 Å². The number of hydrogen-bond acceptors (Lipinski definition) is 7. The van der Waals surface area contributed by atoms with Crippen molar-refractivity contribution in [3.05, 3.63) is 65.6 Å². The number of carbonyl (C=O) groups excluding carboxylic acids is 1. The van der Waals surface area contributed by atoms with Crippen LogP contribution in [0.2, 0.25) is 0 Å². The Morgan fingerprint density at radius 2 is 2.06 bits per heavy atom. The fraction of sp³-hybridized carbons (Fsp3) is 0.292. The van der Waals surface area contributed by atoms with Crippen molar-refractivity contribution in [2.45, 2.75) is 25.3 Å². The van der Waals surface area contributed by atoms with Gasteiger partial charge in [0.1, 0.15) is 11.6 Å². The van der Waals surface area contributed by atoms with E-state index in [1.807, 2.05) is 12.4 Å². The number of anilines is 2. The SMILES string of the molecule is Cl.N#Cc1ccnc(Nc2cc(C3CC3)cc(-c3cncc(CN4CCNC(=O)C4)c3)n2)c1. The van der Waals surface area contributed by atoms with Crippen LogP contribution in [0.1, 0.15) is 35.4 Å². The predicted molar refractivity (Wildman–Crippen MR) is 127 cm³/mol. The molecular formula is C24H24ClN7O. The van der Waals surface area contributed by atoms with E-state index in [0.29, 0.717) is 42.8 Å². The first-order chi connectivity index (χ1) is 15.7. The van der Waals surface area contributed by atoms with Gasteiger partial charge in [-0.2, -0.15) is 5.26 Å². The minimum atomic E-state index is 0. The molecule has 2 N–H and O–H groups in total. The quantitative estimate of drug-likeness (QED) is 0.579. The monoisotopic (exact) mass is 461 g/mol. The lowest BCUT2D eigenvalue weighted by molar-refractivity contribution is -0.124. The van der Waals surface area contributed by atoms with Crippen LogP contribution in [-0.2, 0) is 11.3 Å². The zero-order valence-corrected chi connectivity index (χ0v) is 18.8. The molecule has 0 unspecified atom stereocenters. The highest BCUT2D eigenvalue weighted by atomic mass is 35.5. The highest BCUT2D eigenvalue weighted by Crippen LogP contribution is 2.42. The lowest BCUT2D eigenvalue weighted by Crippen LogP contribution is -2.47. The minimum Gasteiger partial charge on any atom is -0.354 e. The van der Waals surface area contributed by atoms with Gasteiger partial charge in [-0.25, -0.2) is 9.97 Å². The Bertz CT molecular complexity index is 1210. The summed E-state index contributed by atoms with van der Waals surface area (Å²) >= 11 is 0. The third kappa shape index (κ3) is 5.64. The molecule has 3 aromatic rings. The zero-order chi connectivity index (χ0) is 21.9. The molecule has 1 amide bonds. The summed E-state index contributed by atoms with van der Waals surface area (Å²) in [7, 11) is 0. The normalized spacial score (nSPS) is 15.8. The molecule has 5 rings (SSSR count). The standard InChI is InChI=1S/C24H23N7O.ClH/c25-11-16-3-4-27-22(8-16)30-23-10-19(18-1-2-18)9-21(29-23)20-7-17(12-26-13-20)14-31-6-5-28-24(32)15-31;/h3-4,7-10,12-13,18H,1-2,5-6,14-15H2,(H,28,32)(H,27,29,30);1H. The van der Waals surface area contributed by atoms with Crippen molar-refractivity contribution in [1.82, 2.24) is 25.2 Å². The number of carbonyl (C=O) groups is 1. The lowest BCUT2D eigenvalue weighted by Gasteiger charge is -2.26. The van der Waals surface area contributed by atoms with Gasteiger partial charge in [-0.15, -0.1) is 12.4 Å². The number of aromatic nitrogens is 3. The van der Waals surface area contributed by atoms with Gasteiger partial charge >= 0.3 is 0 Å². The molecule has 9 heteroatoms. The van der Waals surface area contributed by atoms with Crippen molar-refractivity contribution in [2.24, 2.45) is 0 Å². The molecule has 168 valence electrons. The minimum absolute atomic E-state index is 0. The second-order valence-electron chi connectivity index (χ2n) is 8.25. The number of piperazine rings is 1. The van der Waals surface area contributed by atoms with Crippen molar-refractivity contribution in [2.75, 3.05) is 25.0 Å². The van der Waals surface area contributed by atoms with E-state index in [2.05, 4.69) is 49.8 Å². The van der Waals surface area contributed by atoms with Crippen LogP contribution in [0.25, 0.3) is 11.3 Å². The van der Waals surface area contributed by atoms with Crippen molar-refractivity contribution in [1.29, 1.82) is 5.26 Å². The first kappa shape index (κ1) is 22.6. The number of nitriles is 1. The Balaban J connectivity index is 0.00000259. The maximum Gasteiger partial charge on any atom is 0.234 e. The first-order valence-electron chi connectivity index (χ1n) is 10.7. The molecule has 1 saturated carbocycles. The molecule has 2 aliphatic rings. The number of nitrogens with zero attached hydrogens (tertiary/aromatic N) is 5. The molecule has 1 saturated heterocycles. The van der Waals surface area contributed by atoms with E-state index in [9.17, 15) is 4.79 Å². The van der Waals surface area contributed by atoms with Gasteiger partial charge in [0.25, 0.3) is 0 Å². The molecule has 0 atom stereocenters. The molecule has 3 aromatic heterocycles. The highest BCUT2D eigenvalue weighted by Gasteiger charge is 2.25. The third-order valence-electron chi connectivity index (χ3n) is 5.66. The smallest absolute Gasteiger partial charge is 0.234 e. The summed E-state index contributed by atoms with van der Waals surface area (Å²) in [5, 5.41) is 15.3. The largest absolute Gasteiger partial charge is 0.354 e. The lowest BCUT2D eigenvalue weighted by atomic mass is 10.1. The van der Waals surface area contributed by atoms with Crippen LogP contribution in [0.15, 0.2) is 48.9 Å². The van der Waals surface area contributed by atoms with Gasteiger partial charge in [0.15, 0.2) is 0 Å². The Morgan fingerprint density at radius 3 is 2.85 bits per heavy atom. The Hall–Kier alpha value is -3.54. The number of rotatable bonds is 6. The molecular weight excluding hydrogens is 438 g/mol. The fourth-order valence-electron chi connectivity index (χ4n) is 3.91. The number of halogens is 1. The maximum atomic E-state index is 11.7. The van der Waals surface area contributed by atoms with Gasteiger partial charge in [-0.3, -0.25) is 14.7 Å². The van der Waals surface area contributed by atoms with Crippen LogP contribution in [-0.4, -0.2) is 45.4 Å². The van der Waals surface area contributed by atoms with E-state index < -0.39 is 0 Å². The third-order valence-corrected chi connectivity index (χ3v) is 5.66. The zero-order valence-electron chi connectivity index (χ0n) is 18.0. The van der Waals surface area contributed by atoms with Crippen LogP contribution < -0.4 is 10.6 Å². The van der Waals surface area contributed by atoms with Gasteiger partial charge in [0.05, 0.1) is 23.9 Å². The number of nitrogens with one attached hydrogen (secondary N) is 2. The van der Waals surface area contributed by atoms with Crippen molar-refractivity contribution >= 4 is 29.9 Å². The van der Waals surface area contributed by atoms with Crippen molar-refractivity contribution in [3.8, 4) is 17.3 Å². The van der Waals surface area contributed by atoms with Gasteiger partial charge in [-0.1, -0.05) is 0 Å². The topological polar surface area (TPSA) is 107 Å². The molecule has 0 spiro atoms. The van der Waals surface area contributed by atoms with E-state index in [4.69, 9.17) is 10.2 Å². The summed E-state index contributed by atoms with van der Waals surface area (Å²) in [5.41, 5.74) is 4.62. The van der Waals surface area contributed by atoms with Crippen LogP contribution >= 0.6 is 12.4 Å².